The van der Waals surface area contributed by atoms with Crippen LogP contribution in [0.15, 0.2) is 54.9 Å². The third-order valence-corrected chi connectivity index (χ3v) is 5.22. The molecule has 5 nitrogen and oxygen atoms in total. The second-order valence-electron chi connectivity index (χ2n) is 6.97. The van der Waals surface area contributed by atoms with E-state index in [1.807, 2.05) is 60.7 Å². The van der Waals surface area contributed by atoms with Gasteiger partial charge in [-0.3, -0.25) is 4.79 Å². The molecule has 1 atom stereocenters. The van der Waals surface area contributed by atoms with Crippen molar-refractivity contribution < 1.29 is 4.79 Å². The van der Waals surface area contributed by atoms with Crippen LogP contribution < -0.4 is 5.32 Å². The number of nitrogens with zero attached hydrogens (tertiary/aromatic N) is 3. The number of imidazole rings is 1. The van der Waals surface area contributed by atoms with E-state index >= 15 is 0 Å². The Bertz CT molecular complexity index is 894. The van der Waals surface area contributed by atoms with E-state index in [0.29, 0.717) is 0 Å². The van der Waals surface area contributed by atoms with Gasteiger partial charge in [-0.25, -0.2) is 4.98 Å². The van der Waals surface area contributed by atoms with Crippen molar-refractivity contribution in [1.82, 2.24) is 19.8 Å². The van der Waals surface area contributed by atoms with Gasteiger partial charge in [0.25, 0.3) is 5.91 Å². The predicted molar refractivity (Wildman–Crippen MR) is 103 cm³/mol. The summed E-state index contributed by atoms with van der Waals surface area (Å²) in [6, 6.07) is 16.3. The van der Waals surface area contributed by atoms with Crippen LogP contribution in [0, 0.1) is 0 Å². The normalized spacial score (nSPS) is 17.3. The van der Waals surface area contributed by atoms with Crippen molar-refractivity contribution in [3.05, 3.63) is 66.0 Å². The molecule has 1 aromatic heterocycles. The molecule has 0 radical (unpaired) electrons. The zero-order valence-corrected chi connectivity index (χ0v) is 15.1. The van der Waals surface area contributed by atoms with Gasteiger partial charge in [-0.1, -0.05) is 24.3 Å². The fraction of sp³-hybridized carbons (Fsp3) is 0.333. The maximum Gasteiger partial charge on any atom is 0.253 e. The molecule has 0 spiro atoms. The molecule has 1 fully saturated rings. The standard InChI is InChI=1S/C21H24N4O/c1-24(18-5-4-12-22-13-18)21(26)17-10-8-16(9-11-17)14-25-15-23-19-6-2-3-7-20(19)25/h2-3,6-11,15,18,22H,4-5,12-14H2,1H3/t18-/m1/s1. The van der Waals surface area contributed by atoms with Crippen molar-refractivity contribution in [2.45, 2.75) is 25.4 Å². The number of para-hydroxylation sites is 2. The molecule has 1 N–H and O–H groups in total. The van der Waals surface area contributed by atoms with Crippen molar-refractivity contribution in [1.29, 1.82) is 0 Å². The summed E-state index contributed by atoms with van der Waals surface area (Å²) < 4.78 is 2.13. The van der Waals surface area contributed by atoms with Gasteiger partial charge in [-0.15, -0.1) is 0 Å². The quantitative estimate of drug-likeness (QED) is 0.789. The van der Waals surface area contributed by atoms with Gasteiger partial charge in [0.05, 0.1) is 17.4 Å². The fourth-order valence-corrected chi connectivity index (χ4v) is 3.62. The minimum absolute atomic E-state index is 0.0957. The summed E-state index contributed by atoms with van der Waals surface area (Å²) >= 11 is 0. The van der Waals surface area contributed by atoms with Gasteiger partial charge in [-0.05, 0) is 49.2 Å². The number of piperidine rings is 1. The van der Waals surface area contributed by atoms with Crippen molar-refractivity contribution in [3.63, 3.8) is 0 Å². The van der Waals surface area contributed by atoms with Crippen LogP contribution in [0.5, 0.6) is 0 Å². The average molecular weight is 348 g/mol. The van der Waals surface area contributed by atoms with E-state index in [2.05, 4.69) is 20.9 Å². The van der Waals surface area contributed by atoms with Gasteiger partial charge < -0.3 is 14.8 Å². The summed E-state index contributed by atoms with van der Waals surface area (Å²) in [5.74, 6) is 0.0957. The Morgan fingerprint density at radius 1 is 1.23 bits per heavy atom. The molecule has 2 aromatic carbocycles. The smallest absolute Gasteiger partial charge is 0.253 e. The maximum atomic E-state index is 12.7. The molecule has 2 heterocycles. The number of hydrogen-bond acceptors (Lipinski definition) is 3. The van der Waals surface area contributed by atoms with Crippen molar-refractivity contribution in [2.24, 2.45) is 0 Å². The molecule has 26 heavy (non-hydrogen) atoms. The van der Waals surface area contributed by atoms with Crippen molar-refractivity contribution in [3.8, 4) is 0 Å². The number of rotatable bonds is 4. The number of nitrogens with one attached hydrogen (secondary N) is 1. The topological polar surface area (TPSA) is 50.2 Å². The summed E-state index contributed by atoms with van der Waals surface area (Å²) in [6.07, 6.45) is 4.06. The Morgan fingerprint density at radius 2 is 2.04 bits per heavy atom. The van der Waals surface area contributed by atoms with Crippen molar-refractivity contribution >= 4 is 16.9 Å². The number of benzene rings is 2. The first-order chi connectivity index (χ1) is 12.7. The summed E-state index contributed by atoms with van der Waals surface area (Å²) in [4.78, 5) is 19.0. The lowest BCUT2D eigenvalue weighted by molar-refractivity contribution is 0.0708. The highest BCUT2D eigenvalue weighted by Crippen LogP contribution is 2.16. The van der Waals surface area contributed by atoms with Crippen LogP contribution in [0.3, 0.4) is 0 Å². The molecule has 4 rings (SSSR count). The van der Waals surface area contributed by atoms with Crippen LogP contribution in [0.25, 0.3) is 11.0 Å². The molecular formula is C21H24N4O. The zero-order chi connectivity index (χ0) is 17.9. The molecule has 0 saturated carbocycles. The molecule has 0 bridgehead atoms. The summed E-state index contributed by atoms with van der Waals surface area (Å²) in [7, 11) is 1.91. The molecule has 5 heteroatoms. The highest BCUT2D eigenvalue weighted by atomic mass is 16.2. The molecule has 0 unspecified atom stereocenters. The lowest BCUT2D eigenvalue weighted by Gasteiger charge is -2.31. The van der Waals surface area contributed by atoms with Crippen LogP contribution in [-0.2, 0) is 6.54 Å². The zero-order valence-electron chi connectivity index (χ0n) is 15.1. The Kier molecular flexibility index (Phi) is 4.71. The van der Waals surface area contributed by atoms with Crippen LogP contribution >= 0.6 is 0 Å². The van der Waals surface area contributed by atoms with Gasteiger partial charge in [0, 0.05) is 31.7 Å². The Hall–Kier alpha value is -2.66. The number of amides is 1. The highest BCUT2D eigenvalue weighted by Gasteiger charge is 2.22. The van der Waals surface area contributed by atoms with Crippen LogP contribution in [-0.4, -0.2) is 46.5 Å². The molecule has 1 saturated heterocycles. The van der Waals surface area contributed by atoms with E-state index in [1.165, 1.54) is 0 Å². The van der Waals surface area contributed by atoms with Crippen LogP contribution in [0.2, 0.25) is 0 Å². The minimum atomic E-state index is 0.0957. The monoisotopic (exact) mass is 348 g/mol. The molecule has 1 aliphatic heterocycles. The molecule has 1 amide bonds. The second kappa shape index (κ2) is 7.30. The maximum absolute atomic E-state index is 12.7. The van der Waals surface area contributed by atoms with Crippen LogP contribution in [0.4, 0.5) is 0 Å². The van der Waals surface area contributed by atoms with E-state index < -0.39 is 0 Å². The molecular weight excluding hydrogens is 324 g/mol. The lowest BCUT2D eigenvalue weighted by Crippen LogP contribution is -2.46. The number of fused-ring (bicyclic) bond motifs is 1. The Morgan fingerprint density at radius 3 is 2.81 bits per heavy atom. The van der Waals surface area contributed by atoms with Gasteiger partial charge >= 0.3 is 0 Å². The molecule has 1 aliphatic rings. The van der Waals surface area contributed by atoms with E-state index in [4.69, 9.17) is 0 Å². The first kappa shape index (κ1) is 16.8. The first-order valence-electron chi connectivity index (χ1n) is 9.19. The van der Waals surface area contributed by atoms with E-state index in [0.717, 1.165) is 54.6 Å². The van der Waals surface area contributed by atoms with Gasteiger partial charge in [-0.2, -0.15) is 0 Å². The van der Waals surface area contributed by atoms with E-state index in [1.54, 1.807) is 0 Å². The van der Waals surface area contributed by atoms with E-state index in [9.17, 15) is 4.79 Å². The summed E-state index contributed by atoms with van der Waals surface area (Å²) in [5.41, 5.74) is 4.03. The number of aromatic nitrogens is 2. The summed E-state index contributed by atoms with van der Waals surface area (Å²) in [6.45, 7) is 2.68. The SMILES string of the molecule is CN(C(=O)c1ccc(Cn2cnc3ccccc32)cc1)[C@@H]1CCCNC1. The Labute approximate surface area is 153 Å². The van der Waals surface area contributed by atoms with Gasteiger partial charge in [0.1, 0.15) is 0 Å². The third kappa shape index (κ3) is 3.35. The minimum Gasteiger partial charge on any atom is -0.337 e. The number of hydrogen-bond donors (Lipinski definition) is 1. The fourth-order valence-electron chi connectivity index (χ4n) is 3.62. The number of carbonyl (C=O) groups excluding carboxylic acids is 1. The number of likely N-dealkylation sites (N-methyl/N-ethyl adjacent to an activating group) is 1. The molecule has 0 aliphatic carbocycles. The highest BCUT2D eigenvalue weighted by molar-refractivity contribution is 5.94. The van der Waals surface area contributed by atoms with Crippen molar-refractivity contribution in [2.75, 3.05) is 20.1 Å². The molecule has 3 aromatic rings. The Balaban J connectivity index is 1.47. The average Bonchev–Trinajstić information content (AvgIpc) is 3.11. The second-order valence-corrected chi connectivity index (χ2v) is 6.97. The number of carbonyl (C=O) groups is 1. The van der Waals surface area contributed by atoms with Gasteiger partial charge in [0.2, 0.25) is 0 Å². The molecule has 134 valence electrons. The van der Waals surface area contributed by atoms with E-state index in [-0.39, 0.29) is 11.9 Å². The largest absolute Gasteiger partial charge is 0.337 e. The first-order valence-corrected chi connectivity index (χ1v) is 9.19. The lowest BCUT2D eigenvalue weighted by atomic mass is 10.0. The van der Waals surface area contributed by atoms with Crippen LogP contribution in [0.1, 0.15) is 28.8 Å². The summed E-state index contributed by atoms with van der Waals surface area (Å²) in [5, 5.41) is 3.37. The third-order valence-electron chi connectivity index (χ3n) is 5.22. The van der Waals surface area contributed by atoms with Gasteiger partial charge in [0.15, 0.2) is 0 Å². The predicted octanol–water partition coefficient (Wildman–Crippen LogP) is 2.91.